The summed E-state index contributed by atoms with van der Waals surface area (Å²) in [7, 11) is 1.88. The number of carbonyl (C=O) groups is 1. The molecule has 0 bridgehead atoms. The van der Waals surface area contributed by atoms with Gasteiger partial charge < -0.3 is 4.57 Å². The maximum Gasteiger partial charge on any atom is 0.170 e. The van der Waals surface area contributed by atoms with Crippen molar-refractivity contribution in [2.75, 3.05) is 0 Å². The van der Waals surface area contributed by atoms with E-state index in [1.54, 1.807) is 17.7 Å². The van der Waals surface area contributed by atoms with Crippen LogP contribution in [0, 0.1) is 0 Å². The van der Waals surface area contributed by atoms with Crippen molar-refractivity contribution in [2.24, 2.45) is 7.05 Å². The number of aryl methyl sites for hydroxylation is 1. The maximum absolute atomic E-state index is 10.7. The van der Waals surface area contributed by atoms with Gasteiger partial charge in [-0.15, -0.1) is 11.3 Å². The Morgan fingerprint density at radius 2 is 2.36 bits per heavy atom. The lowest BCUT2D eigenvalue weighted by Crippen LogP contribution is -1.90. The van der Waals surface area contributed by atoms with Crippen molar-refractivity contribution in [3.8, 4) is 10.6 Å². The fourth-order valence-electron chi connectivity index (χ4n) is 1.28. The van der Waals surface area contributed by atoms with Crippen LogP contribution in [-0.4, -0.2) is 15.8 Å². The molecule has 14 heavy (non-hydrogen) atoms. The Labute approximate surface area is 93.5 Å². The molecule has 0 aliphatic carbocycles. The van der Waals surface area contributed by atoms with Crippen LogP contribution >= 0.6 is 27.3 Å². The van der Waals surface area contributed by atoms with Crippen LogP contribution in [0.25, 0.3) is 10.6 Å². The molecule has 0 N–H and O–H groups in total. The highest BCUT2D eigenvalue weighted by molar-refractivity contribution is 9.11. The summed E-state index contributed by atoms with van der Waals surface area (Å²) in [5.41, 5.74) is 1.36. The number of aldehydes is 1. The second-order valence-corrected chi connectivity index (χ2v) is 5.27. The van der Waals surface area contributed by atoms with Crippen molar-refractivity contribution in [1.29, 1.82) is 0 Å². The third kappa shape index (κ3) is 1.53. The summed E-state index contributed by atoms with van der Waals surface area (Å²) in [5, 5.41) is 0. The number of hydrogen-bond donors (Lipinski definition) is 0. The summed E-state index contributed by atoms with van der Waals surface area (Å²) in [5.74, 6) is 0. The van der Waals surface area contributed by atoms with E-state index in [1.807, 2.05) is 23.7 Å². The van der Waals surface area contributed by atoms with Crippen LogP contribution in [0.2, 0.25) is 0 Å². The molecule has 0 radical (unpaired) electrons. The number of halogens is 1. The second-order valence-electron chi connectivity index (χ2n) is 2.81. The first-order valence-electron chi connectivity index (χ1n) is 3.94. The first-order valence-corrected chi connectivity index (χ1v) is 5.55. The molecule has 72 valence electrons. The summed E-state index contributed by atoms with van der Waals surface area (Å²) < 4.78 is 2.90. The molecule has 0 aliphatic rings. The zero-order valence-corrected chi connectivity index (χ0v) is 9.80. The van der Waals surface area contributed by atoms with Gasteiger partial charge in [-0.05, 0) is 28.1 Å². The average molecular weight is 271 g/mol. The van der Waals surface area contributed by atoms with Crippen LogP contribution in [0.15, 0.2) is 22.2 Å². The number of thiophene rings is 1. The predicted molar refractivity (Wildman–Crippen MR) is 59.6 cm³/mol. The van der Waals surface area contributed by atoms with E-state index in [0.29, 0.717) is 5.69 Å². The highest BCUT2D eigenvalue weighted by Crippen LogP contribution is 2.32. The van der Waals surface area contributed by atoms with Crippen LogP contribution in [0.4, 0.5) is 0 Å². The van der Waals surface area contributed by atoms with Gasteiger partial charge in [-0.25, -0.2) is 4.98 Å². The molecule has 0 unspecified atom stereocenters. The molecule has 3 nitrogen and oxygen atoms in total. The summed E-state index contributed by atoms with van der Waals surface area (Å²) >= 11 is 4.98. The lowest BCUT2D eigenvalue weighted by atomic mass is 10.3. The highest BCUT2D eigenvalue weighted by atomic mass is 79.9. The van der Waals surface area contributed by atoms with Gasteiger partial charge in [0.25, 0.3) is 0 Å². The predicted octanol–water partition coefficient (Wildman–Crippen LogP) is 2.72. The molecule has 2 heterocycles. The number of imidazole rings is 1. The topological polar surface area (TPSA) is 34.9 Å². The number of aromatic nitrogens is 2. The van der Waals surface area contributed by atoms with Gasteiger partial charge in [-0.3, -0.25) is 4.79 Å². The van der Waals surface area contributed by atoms with Gasteiger partial charge >= 0.3 is 0 Å². The molecule has 0 spiro atoms. The fourth-order valence-corrected chi connectivity index (χ4v) is 2.76. The highest BCUT2D eigenvalue weighted by Gasteiger charge is 2.11. The number of nitrogens with zero attached hydrogens (tertiary/aromatic N) is 2. The van der Waals surface area contributed by atoms with E-state index in [9.17, 15) is 4.79 Å². The Hall–Kier alpha value is -0.940. The van der Waals surface area contributed by atoms with Crippen molar-refractivity contribution in [1.82, 2.24) is 9.55 Å². The van der Waals surface area contributed by atoms with Gasteiger partial charge in [0.15, 0.2) is 6.29 Å². The molecule has 5 heteroatoms. The van der Waals surface area contributed by atoms with Crippen molar-refractivity contribution in [3.05, 3.63) is 27.9 Å². The van der Waals surface area contributed by atoms with Crippen molar-refractivity contribution >= 4 is 33.6 Å². The Balaban J connectivity index is 2.59. The smallest absolute Gasteiger partial charge is 0.170 e. The largest absolute Gasteiger partial charge is 0.332 e. The molecule has 2 aromatic heterocycles. The molecule has 0 amide bonds. The van der Waals surface area contributed by atoms with E-state index in [2.05, 4.69) is 20.9 Å². The lowest BCUT2D eigenvalue weighted by molar-refractivity contribution is 0.112. The van der Waals surface area contributed by atoms with E-state index < -0.39 is 0 Å². The number of hydrogen-bond acceptors (Lipinski definition) is 3. The van der Waals surface area contributed by atoms with Gasteiger partial charge in [0.2, 0.25) is 0 Å². The minimum Gasteiger partial charge on any atom is -0.332 e. The van der Waals surface area contributed by atoms with Crippen LogP contribution in [0.1, 0.15) is 10.5 Å². The zero-order valence-electron chi connectivity index (χ0n) is 7.40. The third-order valence-corrected chi connectivity index (χ3v) is 3.51. The first kappa shape index (κ1) is 9.61. The first-order chi connectivity index (χ1) is 6.72. The molecule has 0 aliphatic heterocycles. The SMILES string of the molecule is Cn1cnc(C=O)c1-c1ccc(Br)s1. The van der Waals surface area contributed by atoms with E-state index in [1.165, 1.54) is 0 Å². The van der Waals surface area contributed by atoms with Crippen molar-refractivity contribution < 1.29 is 4.79 Å². The molecule has 2 rings (SSSR count). The van der Waals surface area contributed by atoms with Crippen molar-refractivity contribution in [2.45, 2.75) is 0 Å². The maximum atomic E-state index is 10.7. The minimum atomic E-state index is 0.488. The van der Waals surface area contributed by atoms with Gasteiger partial charge in [0, 0.05) is 7.05 Å². The standard InChI is InChI=1S/C9H7BrN2OS/c1-12-5-11-6(4-13)9(12)7-2-3-8(10)14-7/h2-5H,1H3. The number of rotatable bonds is 2. The normalized spacial score (nSPS) is 10.4. The van der Waals surface area contributed by atoms with Crippen LogP contribution in [0.5, 0.6) is 0 Å². The molecule has 0 atom stereocenters. The van der Waals surface area contributed by atoms with Crippen LogP contribution in [0.3, 0.4) is 0 Å². The third-order valence-electron chi connectivity index (χ3n) is 1.88. The van der Waals surface area contributed by atoms with E-state index >= 15 is 0 Å². The Morgan fingerprint density at radius 3 is 2.93 bits per heavy atom. The lowest BCUT2D eigenvalue weighted by Gasteiger charge is -1.98. The molecule has 0 saturated heterocycles. The summed E-state index contributed by atoms with van der Waals surface area (Å²) in [6, 6.07) is 3.93. The zero-order chi connectivity index (χ0) is 10.1. The molecular weight excluding hydrogens is 264 g/mol. The quantitative estimate of drug-likeness (QED) is 0.787. The second kappa shape index (κ2) is 3.67. The molecular formula is C9H7BrN2OS. The van der Waals surface area contributed by atoms with Gasteiger partial charge in [-0.2, -0.15) is 0 Å². The van der Waals surface area contributed by atoms with Gasteiger partial charge in [-0.1, -0.05) is 0 Å². The van der Waals surface area contributed by atoms with Gasteiger partial charge in [0.05, 0.1) is 20.7 Å². The van der Waals surface area contributed by atoms with Crippen LogP contribution in [-0.2, 0) is 7.05 Å². The Kier molecular flexibility index (Phi) is 2.52. The fraction of sp³-hybridized carbons (Fsp3) is 0.111. The molecule has 2 aromatic rings. The summed E-state index contributed by atoms with van der Waals surface area (Å²) in [6.45, 7) is 0. The van der Waals surface area contributed by atoms with Crippen LogP contribution < -0.4 is 0 Å². The molecule has 0 aromatic carbocycles. The molecule has 0 saturated carbocycles. The Morgan fingerprint density at radius 1 is 1.57 bits per heavy atom. The van der Waals surface area contributed by atoms with E-state index in [4.69, 9.17) is 0 Å². The van der Waals surface area contributed by atoms with Gasteiger partial charge in [0.1, 0.15) is 5.69 Å². The van der Waals surface area contributed by atoms with Crippen molar-refractivity contribution in [3.63, 3.8) is 0 Å². The molecule has 0 fully saturated rings. The minimum absolute atomic E-state index is 0.488. The average Bonchev–Trinajstić information content (AvgIpc) is 2.71. The summed E-state index contributed by atoms with van der Waals surface area (Å²) in [4.78, 5) is 15.8. The number of carbonyl (C=O) groups excluding carboxylic acids is 1. The van der Waals surface area contributed by atoms with E-state index in [0.717, 1.165) is 20.6 Å². The Bertz CT molecular complexity index is 475. The summed E-state index contributed by atoms with van der Waals surface area (Å²) in [6.07, 6.45) is 2.43. The monoisotopic (exact) mass is 270 g/mol. The van der Waals surface area contributed by atoms with E-state index in [-0.39, 0.29) is 0 Å².